The van der Waals surface area contributed by atoms with Crippen molar-refractivity contribution in [2.75, 3.05) is 19.9 Å². The van der Waals surface area contributed by atoms with Crippen molar-refractivity contribution in [2.24, 2.45) is 0 Å². The Morgan fingerprint density at radius 3 is 2.60 bits per heavy atom. The van der Waals surface area contributed by atoms with Gasteiger partial charge in [-0.2, -0.15) is 4.98 Å². The number of ether oxygens (including phenoxy) is 2. The summed E-state index contributed by atoms with van der Waals surface area (Å²) in [6.45, 7) is 5.68. The molecule has 30 heavy (non-hydrogen) atoms. The Balaban J connectivity index is 1.25. The number of piperidine rings is 1. The molecule has 1 amide bonds. The largest absolute Gasteiger partial charge is 0.454 e. The summed E-state index contributed by atoms with van der Waals surface area (Å²) in [6, 6.07) is 11.5. The van der Waals surface area contributed by atoms with E-state index in [9.17, 15) is 4.79 Å². The molecule has 0 unspecified atom stereocenters. The zero-order valence-corrected chi connectivity index (χ0v) is 17.1. The number of nitrogens with zero attached hydrogens (tertiary/aromatic N) is 3. The summed E-state index contributed by atoms with van der Waals surface area (Å²) in [5.41, 5.74) is 3.91. The van der Waals surface area contributed by atoms with Crippen molar-refractivity contribution in [3.63, 3.8) is 0 Å². The molecule has 2 aromatic carbocycles. The van der Waals surface area contributed by atoms with Gasteiger partial charge >= 0.3 is 0 Å². The van der Waals surface area contributed by atoms with Crippen molar-refractivity contribution in [3.8, 4) is 22.9 Å². The van der Waals surface area contributed by atoms with Crippen molar-refractivity contribution < 1.29 is 18.8 Å². The van der Waals surface area contributed by atoms with Crippen LogP contribution >= 0.6 is 0 Å². The van der Waals surface area contributed by atoms with Crippen LogP contribution in [0.1, 0.15) is 46.1 Å². The van der Waals surface area contributed by atoms with Gasteiger partial charge < -0.3 is 18.9 Å². The Morgan fingerprint density at radius 1 is 1.00 bits per heavy atom. The van der Waals surface area contributed by atoms with E-state index >= 15 is 0 Å². The Hall–Kier alpha value is -3.35. The summed E-state index contributed by atoms with van der Waals surface area (Å²) in [5, 5.41) is 4.14. The fourth-order valence-electron chi connectivity index (χ4n) is 3.94. The van der Waals surface area contributed by atoms with Crippen LogP contribution in [-0.4, -0.2) is 40.8 Å². The maximum absolute atomic E-state index is 12.8. The molecule has 1 fully saturated rings. The predicted octanol–water partition coefficient (Wildman–Crippen LogP) is 4.10. The minimum Gasteiger partial charge on any atom is -0.454 e. The summed E-state index contributed by atoms with van der Waals surface area (Å²) >= 11 is 0. The standard InChI is InChI=1S/C23H23N3O4/c1-14-3-4-18(11-15(14)2)23(27)26-9-7-16(8-10-26)22-24-21(25-30-22)17-5-6-19-20(12-17)29-13-28-19/h3-6,11-12,16H,7-10,13H2,1-2H3. The molecule has 0 saturated carbocycles. The normalized spacial score (nSPS) is 16.1. The summed E-state index contributed by atoms with van der Waals surface area (Å²) in [5.74, 6) is 2.82. The molecule has 7 heteroatoms. The number of likely N-dealkylation sites (tertiary alicyclic amines) is 1. The Labute approximate surface area is 174 Å². The SMILES string of the molecule is Cc1ccc(C(=O)N2CCC(c3nc(-c4ccc5c(c4)OCO5)no3)CC2)cc1C. The molecule has 7 nitrogen and oxygen atoms in total. The molecule has 2 aliphatic heterocycles. The lowest BCUT2D eigenvalue weighted by atomic mass is 9.96. The molecule has 2 aliphatic rings. The molecule has 0 aliphatic carbocycles. The Morgan fingerprint density at radius 2 is 1.80 bits per heavy atom. The first-order valence-corrected chi connectivity index (χ1v) is 10.2. The van der Waals surface area contributed by atoms with E-state index in [0.29, 0.717) is 30.6 Å². The van der Waals surface area contributed by atoms with Gasteiger partial charge in [0, 0.05) is 30.1 Å². The molecule has 1 saturated heterocycles. The van der Waals surface area contributed by atoms with Crippen LogP contribution in [0.2, 0.25) is 0 Å². The van der Waals surface area contributed by atoms with Gasteiger partial charge in [0.05, 0.1) is 0 Å². The van der Waals surface area contributed by atoms with Crippen LogP contribution in [0.25, 0.3) is 11.4 Å². The molecular weight excluding hydrogens is 382 g/mol. The van der Waals surface area contributed by atoms with Gasteiger partial charge in [0.25, 0.3) is 5.91 Å². The third kappa shape index (κ3) is 3.40. The predicted molar refractivity (Wildman–Crippen MR) is 110 cm³/mol. The van der Waals surface area contributed by atoms with Crippen LogP contribution < -0.4 is 9.47 Å². The van der Waals surface area contributed by atoms with E-state index in [1.54, 1.807) is 0 Å². The second-order valence-corrected chi connectivity index (χ2v) is 7.89. The number of carbonyl (C=O) groups excluding carboxylic acids is 1. The molecule has 5 rings (SSSR count). The molecule has 0 N–H and O–H groups in total. The van der Waals surface area contributed by atoms with E-state index < -0.39 is 0 Å². The number of hydrogen-bond acceptors (Lipinski definition) is 6. The van der Waals surface area contributed by atoms with Crippen LogP contribution in [0, 0.1) is 13.8 Å². The monoisotopic (exact) mass is 405 g/mol. The lowest BCUT2D eigenvalue weighted by Crippen LogP contribution is -2.38. The number of aryl methyl sites for hydroxylation is 2. The maximum Gasteiger partial charge on any atom is 0.253 e. The topological polar surface area (TPSA) is 77.7 Å². The van der Waals surface area contributed by atoms with Crippen molar-refractivity contribution in [3.05, 3.63) is 59.0 Å². The number of aromatic nitrogens is 2. The van der Waals surface area contributed by atoms with E-state index in [1.165, 1.54) is 5.56 Å². The minimum absolute atomic E-state index is 0.0862. The molecule has 0 atom stereocenters. The number of benzene rings is 2. The number of carbonyl (C=O) groups is 1. The summed E-state index contributed by atoms with van der Waals surface area (Å²) in [4.78, 5) is 19.4. The first-order valence-electron chi connectivity index (χ1n) is 10.2. The van der Waals surface area contributed by atoms with Gasteiger partial charge in [-0.25, -0.2) is 0 Å². The molecule has 1 aromatic heterocycles. The van der Waals surface area contributed by atoms with E-state index in [-0.39, 0.29) is 18.6 Å². The van der Waals surface area contributed by atoms with Gasteiger partial charge in [-0.3, -0.25) is 4.79 Å². The second kappa shape index (κ2) is 7.48. The van der Waals surface area contributed by atoms with E-state index in [2.05, 4.69) is 17.1 Å². The van der Waals surface area contributed by atoms with Crippen LogP contribution in [0.3, 0.4) is 0 Å². The quantitative estimate of drug-likeness (QED) is 0.653. The Bertz CT molecular complexity index is 1100. The molecule has 0 bridgehead atoms. The van der Waals surface area contributed by atoms with Gasteiger partial charge in [-0.1, -0.05) is 11.2 Å². The first kappa shape index (κ1) is 18.7. The number of hydrogen-bond donors (Lipinski definition) is 0. The van der Waals surface area contributed by atoms with Gasteiger partial charge in [-0.05, 0) is 68.1 Å². The average molecular weight is 405 g/mol. The lowest BCUT2D eigenvalue weighted by Gasteiger charge is -2.30. The minimum atomic E-state index is 0.0862. The molecule has 0 radical (unpaired) electrons. The third-order valence-electron chi connectivity index (χ3n) is 5.96. The van der Waals surface area contributed by atoms with Crippen LogP contribution in [-0.2, 0) is 0 Å². The number of fused-ring (bicyclic) bond motifs is 1. The van der Waals surface area contributed by atoms with Crippen LogP contribution in [0.15, 0.2) is 40.9 Å². The van der Waals surface area contributed by atoms with E-state index in [1.807, 2.05) is 48.2 Å². The number of rotatable bonds is 3. The zero-order valence-electron chi connectivity index (χ0n) is 17.1. The highest BCUT2D eigenvalue weighted by Crippen LogP contribution is 2.36. The fourth-order valence-corrected chi connectivity index (χ4v) is 3.94. The maximum atomic E-state index is 12.8. The van der Waals surface area contributed by atoms with Crippen molar-refractivity contribution >= 4 is 5.91 Å². The van der Waals surface area contributed by atoms with Crippen molar-refractivity contribution in [2.45, 2.75) is 32.6 Å². The summed E-state index contributed by atoms with van der Waals surface area (Å²) in [6.07, 6.45) is 1.61. The first-order chi connectivity index (χ1) is 14.6. The lowest BCUT2D eigenvalue weighted by molar-refractivity contribution is 0.0704. The van der Waals surface area contributed by atoms with Crippen LogP contribution in [0.4, 0.5) is 0 Å². The highest BCUT2D eigenvalue weighted by Gasteiger charge is 2.28. The van der Waals surface area contributed by atoms with Crippen LogP contribution in [0.5, 0.6) is 11.5 Å². The highest BCUT2D eigenvalue weighted by molar-refractivity contribution is 5.94. The van der Waals surface area contributed by atoms with E-state index in [0.717, 1.165) is 35.3 Å². The highest BCUT2D eigenvalue weighted by atomic mass is 16.7. The van der Waals surface area contributed by atoms with Gasteiger partial charge in [0.1, 0.15) is 0 Å². The van der Waals surface area contributed by atoms with Crippen molar-refractivity contribution in [1.82, 2.24) is 15.0 Å². The summed E-state index contributed by atoms with van der Waals surface area (Å²) in [7, 11) is 0. The molecular formula is C23H23N3O4. The third-order valence-corrected chi connectivity index (χ3v) is 5.96. The van der Waals surface area contributed by atoms with Gasteiger partial charge in [0.2, 0.25) is 18.5 Å². The fraction of sp³-hybridized carbons (Fsp3) is 0.348. The Kier molecular flexibility index (Phi) is 4.65. The molecule has 3 heterocycles. The second-order valence-electron chi connectivity index (χ2n) is 7.89. The zero-order chi connectivity index (χ0) is 20.7. The van der Waals surface area contributed by atoms with Crippen molar-refractivity contribution in [1.29, 1.82) is 0 Å². The number of amides is 1. The van der Waals surface area contributed by atoms with Gasteiger partial charge in [-0.15, -0.1) is 0 Å². The summed E-state index contributed by atoms with van der Waals surface area (Å²) < 4.78 is 16.3. The van der Waals surface area contributed by atoms with Gasteiger partial charge in [0.15, 0.2) is 11.5 Å². The van der Waals surface area contributed by atoms with E-state index in [4.69, 9.17) is 14.0 Å². The molecule has 3 aromatic rings. The average Bonchev–Trinajstić information content (AvgIpc) is 3.44. The smallest absolute Gasteiger partial charge is 0.253 e. The molecule has 0 spiro atoms. The molecule has 154 valence electrons.